The number of thiol groups is 1. The topological polar surface area (TPSA) is 12.4 Å². The van der Waals surface area contributed by atoms with Gasteiger partial charge in [-0.1, -0.05) is 0 Å². The molecule has 0 heterocycles. The molecule has 0 spiro atoms. The van der Waals surface area contributed by atoms with Crippen LogP contribution in [0.3, 0.4) is 0 Å². The highest BCUT2D eigenvalue weighted by molar-refractivity contribution is 7.98. The summed E-state index contributed by atoms with van der Waals surface area (Å²) in [6, 6.07) is 5.81. The Kier molecular flexibility index (Phi) is 3.02. The van der Waals surface area contributed by atoms with E-state index in [9.17, 15) is 0 Å². The third kappa shape index (κ3) is 2.01. The van der Waals surface area contributed by atoms with Gasteiger partial charge in [0.05, 0.1) is 5.69 Å². The van der Waals surface area contributed by atoms with E-state index in [0.717, 1.165) is 15.5 Å². The van der Waals surface area contributed by atoms with E-state index in [-0.39, 0.29) is 0 Å². The molecule has 1 nitrogen and oxygen atoms in total. The molecule has 1 aromatic carbocycles. The van der Waals surface area contributed by atoms with Crippen molar-refractivity contribution in [2.24, 2.45) is 4.99 Å². The number of thioether (sulfide) groups is 1. The van der Waals surface area contributed by atoms with Gasteiger partial charge >= 0.3 is 0 Å². The minimum Gasteiger partial charge on any atom is -0.263 e. The van der Waals surface area contributed by atoms with Crippen molar-refractivity contribution in [3.05, 3.63) is 18.2 Å². The van der Waals surface area contributed by atoms with Crippen molar-refractivity contribution in [3.63, 3.8) is 0 Å². The van der Waals surface area contributed by atoms with Gasteiger partial charge < -0.3 is 0 Å². The largest absolute Gasteiger partial charge is 0.263 e. The average molecular weight is 183 g/mol. The molecular formula is C8H9NS2. The summed E-state index contributed by atoms with van der Waals surface area (Å²) in [6.07, 6.45) is 2.01. The van der Waals surface area contributed by atoms with Gasteiger partial charge in [0.25, 0.3) is 0 Å². The lowest BCUT2D eigenvalue weighted by Gasteiger charge is -2.01. The highest BCUT2D eigenvalue weighted by Crippen LogP contribution is 2.29. The van der Waals surface area contributed by atoms with Crippen LogP contribution >= 0.6 is 24.4 Å². The fourth-order valence-corrected chi connectivity index (χ4v) is 1.67. The molecule has 3 heteroatoms. The lowest BCUT2D eigenvalue weighted by atomic mass is 10.3. The molecule has 0 atom stereocenters. The Bertz CT molecular complexity index is 271. The van der Waals surface area contributed by atoms with Gasteiger partial charge in [-0.3, -0.25) is 4.99 Å². The van der Waals surface area contributed by atoms with Crippen molar-refractivity contribution in [2.45, 2.75) is 9.79 Å². The van der Waals surface area contributed by atoms with Crippen molar-refractivity contribution in [1.29, 1.82) is 0 Å². The quantitative estimate of drug-likeness (QED) is 0.422. The van der Waals surface area contributed by atoms with E-state index in [4.69, 9.17) is 0 Å². The molecule has 0 N–H and O–H groups in total. The first-order chi connectivity index (χ1) is 5.27. The molecule has 0 saturated carbocycles. The summed E-state index contributed by atoms with van der Waals surface area (Å²) in [7, 11) is 0. The molecule has 0 fully saturated rings. The normalized spacial score (nSPS) is 9.64. The summed E-state index contributed by atoms with van der Waals surface area (Å²) in [5.41, 5.74) is 0.926. The molecule has 0 amide bonds. The SMILES string of the molecule is C=Nc1ccc(S)cc1SC. The second-order valence-electron chi connectivity index (χ2n) is 2.01. The molecule has 0 aliphatic heterocycles. The van der Waals surface area contributed by atoms with Crippen molar-refractivity contribution in [1.82, 2.24) is 0 Å². The van der Waals surface area contributed by atoms with E-state index in [0.29, 0.717) is 0 Å². The molecule has 1 rings (SSSR count). The zero-order valence-corrected chi connectivity index (χ0v) is 7.95. The fourth-order valence-electron chi connectivity index (χ4n) is 0.797. The molecular weight excluding hydrogens is 174 g/mol. The van der Waals surface area contributed by atoms with Crippen LogP contribution in [0.5, 0.6) is 0 Å². The molecule has 11 heavy (non-hydrogen) atoms. The Labute approximate surface area is 76.3 Å². The maximum Gasteiger partial charge on any atom is 0.0758 e. The van der Waals surface area contributed by atoms with Gasteiger partial charge in [0.15, 0.2) is 0 Å². The first-order valence-corrected chi connectivity index (χ1v) is 4.79. The van der Waals surface area contributed by atoms with Crippen molar-refractivity contribution in [3.8, 4) is 0 Å². The van der Waals surface area contributed by atoms with E-state index >= 15 is 0 Å². The number of nitrogens with zero attached hydrogens (tertiary/aromatic N) is 1. The monoisotopic (exact) mass is 183 g/mol. The van der Waals surface area contributed by atoms with Crippen LogP contribution in [0.25, 0.3) is 0 Å². The molecule has 0 unspecified atom stereocenters. The van der Waals surface area contributed by atoms with Crippen LogP contribution < -0.4 is 0 Å². The molecule has 0 bridgehead atoms. The number of benzene rings is 1. The number of aliphatic imine (C=N–C) groups is 1. The minimum atomic E-state index is 0.926. The molecule has 0 saturated heterocycles. The smallest absolute Gasteiger partial charge is 0.0758 e. The van der Waals surface area contributed by atoms with Gasteiger partial charge in [-0.15, -0.1) is 24.4 Å². The van der Waals surface area contributed by atoms with E-state index < -0.39 is 0 Å². The van der Waals surface area contributed by atoms with Crippen molar-refractivity contribution < 1.29 is 0 Å². The van der Waals surface area contributed by atoms with Crippen molar-refractivity contribution in [2.75, 3.05) is 6.26 Å². The van der Waals surface area contributed by atoms with Crippen LogP contribution in [0.2, 0.25) is 0 Å². The molecule has 1 aromatic rings. The summed E-state index contributed by atoms with van der Waals surface area (Å²) in [6.45, 7) is 3.48. The summed E-state index contributed by atoms with van der Waals surface area (Å²) < 4.78 is 0. The highest BCUT2D eigenvalue weighted by atomic mass is 32.2. The third-order valence-corrected chi connectivity index (χ3v) is 2.38. The number of hydrogen-bond donors (Lipinski definition) is 1. The number of rotatable bonds is 2. The molecule has 0 radical (unpaired) electrons. The van der Waals surface area contributed by atoms with Gasteiger partial charge in [-0.25, -0.2) is 0 Å². The van der Waals surface area contributed by atoms with Crippen LogP contribution in [-0.4, -0.2) is 13.0 Å². The zero-order chi connectivity index (χ0) is 8.27. The van der Waals surface area contributed by atoms with E-state index in [2.05, 4.69) is 24.3 Å². The van der Waals surface area contributed by atoms with Gasteiger partial charge in [0.2, 0.25) is 0 Å². The zero-order valence-electron chi connectivity index (χ0n) is 6.24. The minimum absolute atomic E-state index is 0.926. The Morgan fingerprint density at radius 1 is 1.55 bits per heavy atom. The highest BCUT2D eigenvalue weighted by Gasteiger charge is 1.97. The number of hydrogen-bond acceptors (Lipinski definition) is 3. The van der Waals surface area contributed by atoms with Gasteiger partial charge in [-0.2, -0.15) is 0 Å². The Morgan fingerprint density at radius 3 is 2.82 bits per heavy atom. The van der Waals surface area contributed by atoms with Crippen LogP contribution in [0, 0.1) is 0 Å². The Morgan fingerprint density at radius 2 is 2.27 bits per heavy atom. The predicted molar refractivity (Wildman–Crippen MR) is 54.7 cm³/mol. The average Bonchev–Trinajstić information content (AvgIpc) is 2.04. The predicted octanol–water partition coefficient (Wildman–Crippen LogP) is 3.03. The first kappa shape index (κ1) is 8.68. The van der Waals surface area contributed by atoms with Gasteiger partial charge in [-0.05, 0) is 31.2 Å². The van der Waals surface area contributed by atoms with Crippen molar-refractivity contribution >= 4 is 36.8 Å². The second kappa shape index (κ2) is 3.83. The molecule has 58 valence electrons. The summed E-state index contributed by atoms with van der Waals surface area (Å²) in [4.78, 5) is 5.96. The summed E-state index contributed by atoms with van der Waals surface area (Å²) in [5, 5.41) is 0. The van der Waals surface area contributed by atoms with Gasteiger partial charge in [0, 0.05) is 9.79 Å². The van der Waals surface area contributed by atoms with Crippen LogP contribution in [-0.2, 0) is 0 Å². The van der Waals surface area contributed by atoms with E-state index in [1.54, 1.807) is 11.8 Å². The molecule has 0 aliphatic carbocycles. The lowest BCUT2D eigenvalue weighted by Crippen LogP contribution is -1.72. The third-order valence-electron chi connectivity index (χ3n) is 1.33. The maximum atomic E-state index is 4.22. The van der Waals surface area contributed by atoms with Crippen LogP contribution in [0.15, 0.2) is 33.0 Å². The van der Waals surface area contributed by atoms with E-state index in [1.807, 2.05) is 24.5 Å². The van der Waals surface area contributed by atoms with E-state index in [1.165, 1.54) is 0 Å². The fraction of sp³-hybridized carbons (Fsp3) is 0.125. The van der Waals surface area contributed by atoms with Crippen LogP contribution in [0.1, 0.15) is 0 Å². The van der Waals surface area contributed by atoms with Gasteiger partial charge in [0.1, 0.15) is 0 Å². The standard InChI is InChI=1S/C8H9NS2/c1-9-7-4-3-6(10)5-8(7)11-2/h3-5,10H,1H2,2H3. The summed E-state index contributed by atoms with van der Waals surface area (Å²) in [5.74, 6) is 0. The lowest BCUT2D eigenvalue weighted by molar-refractivity contribution is 1.31. The van der Waals surface area contributed by atoms with Crippen LogP contribution in [0.4, 0.5) is 5.69 Å². The Balaban J connectivity index is 3.16. The first-order valence-electron chi connectivity index (χ1n) is 3.11. The summed E-state index contributed by atoms with van der Waals surface area (Å²) >= 11 is 5.87. The molecule has 0 aromatic heterocycles. The molecule has 0 aliphatic rings. The Hall–Kier alpha value is -0.410. The maximum absolute atomic E-state index is 4.22. The second-order valence-corrected chi connectivity index (χ2v) is 3.38.